The molecule has 8 heteroatoms. The zero-order valence-electron chi connectivity index (χ0n) is 16.1. The fourth-order valence-electron chi connectivity index (χ4n) is 3.63. The normalized spacial score (nSPS) is 14.9. The molecule has 7 nitrogen and oxygen atoms in total. The van der Waals surface area contributed by atoms with Gasteiger partial charge in [0.2, 0.25) is 0 Å². The zero-order chi connectivity index (χ0) is 20.4. The number of fused-ring (bicyclic) bond motifs is 1. The summed E-state index contributed by atoms with van der Waals surface area (Å²) in [7, 11) is 1.56. The van der Waals surface area contributed by atoms with Gasteiger partial charge in [-0.1, -0.05) is 35.9 Å². The van der Waals surface area contributed by atoms with Crippen LogP contribution in [-0.4, -0.2) is 53.8 Å². The van der Waals surface area contributed by atoms with Crippen molar-refractivity contribution in [2.45, 2.75) is 6.67 Å². The predicted molar refractivity (Wildman–Crippen MR) is 115 cm³/mol. The van der Waals surface area contributed by atoms with Crippen molar-refractivity contribution < 1.29 is 4.79 Å². The highest BCUT2D eigenvalue weighted by Crippen LogP contribution is 2.21. The number of rotatable bonds is 4. The molecule has 2 aromatic carbocycles. The number of hydrogen-bond acceptors (Lipinski definition) is 5. The lowest BCUT2D eigenvalue weighted by molar-refractivity contribution is 0.0955. The van der Waals surface area contributed by atoms with Crippen LogP contribution in [0.1, 0.15) is 10.5 Å². The van der Waals surface area contributed by atoms with Crippen LogP contribution in [0.3, 0.4) is 0 Å². The van der Waals surface area contributed by atoms with Gasteiger partial charge in [0, 0.05) is 49.3 Å². The van der Waals surface area contributed by atoms with Crippen LogP contribution in [0.5, 0.6) is 0 Å². The fraction of sp³-hybridized carbons (Fsp3) is 0.286. The number of aromatic nitrogens is 2. The van der Waals surface area contributed by atoms with Gasteiger partial charge in [0.1, 0.15) is 0 Å². The molecule has 0 spiro atoms. The quantitative estimate of drug-likeness (QED) is 0.712. The van der Waals surface area contributed by atoms with Gasteiger partial charge in [0.15, 0.2) is 5.69 Å². The molecule has 3 aromatic rings. The minimum Gasteiger partial charge on any atom is -0.369 e. The lowest BCUT2D eigenvalue weighted by Gasteiger charge is -2.36. The van der Waals surface area contributed by atoms with Crippen molar-refractivity contribution in [2.24, 2.45) is 0 Å². The van der Waals surface area contributed by atoms with Crippen molar-refractivity contribution in [2.75, 3.05) is 38.1 Å². The van der Waals surface area contributed by atoms with E-state index in [0.717, 1.165) is 36.9 Å². The average molecular weight is 412 g/mol. The second kappa shape index (κ2) is 8.23. The van der Waals surface area contributed by atoms with Crippen LogP contribution < -0.4 is 15.8 Å². The molecule has 4 rings (SSSR count). The average Bonchev–Trinajstić information content (AvgIpc) is 2.76. The third-order valence-corrected chi connectivity index (χ3v) is 5.42. The Labute approximate surface area is 173 Å². The van der Waals surface area contributed by atoms with Crippen molar-refractivity contribution in [1.29, 1.82) is 0 Å². The number of hydrogen-bond donors (Lipinski definition) is 1. The highest BCUT2D eigenvalue weighted by molar-refractivity contribution is 6.30. The maximum Gasteiger partial charge on any atom is 0.275 e. The van der Waals surface area contributed by atoms with Crippen LogP contribution in [0.4, 0.5) is 5.69 Å². The summed E-state index contributed by atoms with van der Waals surface area (Å²) in [6.07, 6.45) is 0. The third-order valence-electron chi connectivity index (χ3n) is 5.19. The zero-order valence-corrected chi connectivity index (χ0v) is 16.9. The monoisotopic (exact) mass is 411 g/mol. The van der Waals surface area contributed by atoms with E-state index in [2.05, 4.69) is 20.2 Å². The van der Waals surface area contributed by atoms with Crippen LogP contribution in [0.2, 0.25) is 5.02 Å². The number of carbonyl (C=O) groups is 1. The molecule has 1 amide bonds. The Bertz CT molecular complexity index is 1110. The fourth-order valence-corrected chi connectivity index (χ4v) is 3.81. The van der Waals surface area contributed by atoms with Crippen LogP contribution >= 0.6 is 11.6 Å². The summed E-state index contributed by atoms with van der Waals surface area (Å²) in [6.45, 7) is 3.55. The van der Waals surface area contributed by atoms with E-state index in [1.807, 2.05) is 24.3 Å². The number of amides is 1. The van der Waals surface area contributed by atoms with Gasteiger partial charge in [-0.25, -0.2) is 4.68 Å². The number of halogens is 1. The standard InChI is InChI=1S/C21H22ClN5O2/c1-23-20(28)19-17-7-2-3-8-18(17)21(29)27(24-19)14-25-9-11-26(12-10-25)16-6-4-5-15(22)13-16/h2-8,13H,9-12,14H2,1H3,(H,23,28). The Morgan fingerprint density at radius 2 is 1.79 bits per heavy atom. The van der Waals surface area contributed by atoms with Gasteiger partial charge >= 0.3 is 0 Å². The van der Waals surface area contributed by atoms with Gasteiger partial charge in [-0.3, -0.25) is 14.5 Å². The molecule has 1 aliphatic heterocycles. The summed E-state index contributed by atoms with van der Waals surface area (Å²) < 4.78 is 1.39. The molecule has 0 radical (unpaired) electrons. The summed E-state index contributed by atoms with van der Waals surface area (Å²) in [6, 6.07) is 14.9. The van der Waals surface area contributed by atoms with Gasteiger partial charge < -0.3 is 10.2 Å². The minimum absolute atomic E-state index is 0.189. The third kappa shape index (κ3) is 3.97. The molecule has 1 aromatic heterocycles. The highest BCUT2D eigenvalue weighted by Gasteiger charge is 2.20. The maximum absolute atomic E-state index is 12.9. The van der Waals surface area contributed by atoms with Crippen LogP contribution in [0.25, 0.3) is 10.8 Å². The number of carbonyl (C=O) groups excluding carboxylic acids is 1. The van der Waals surface area contributed by atoms with Crippen LogP contribution in [0, 0.1) is 0 Å². The largest absolute Gasteiger partial charge is 0.369 e. The second-order valence-corrected chi connectivity index (χ2v) is 7.44. The topological polar surface area (TPSA) is 70.5 Å². The number of anilines is 1. The lowest BCUT2D eigenvalue weighted by Crippen LogP contribution is -2.48. The first kappa shape index (κ1) is 19.4. The molecular weight excluding hydrogens is 390 g/mol. The lowest BCUT2D eigenvalue weighted by atomic mass is 10.1. The van der Waals surface area contributed by atoms with Gasteiger partial charge in [0.25, 0.3) is 11.5 Å². The van der Waals surface area contributed by atoms with Gasteiger partial charge in [-0.2, -0.15) is 5.10 Å². The highest BCUT2D eigenvalue weighted by atomic mass is 35.5. The van der Waals surface area contributed by atoms with E-state index in [0.29, 0.717) is 17.4 Å². The van der Waals surface area contributed by atoms with E-state index < -0.39 is 0 Å². The first-order valence-electron chi connectivity index (χ1n) is 9.51. The second-order valence-electron chi connectivity index (χ2n) is 7.00. The summed E-state index contributed by atoms with van der Waals surface area (Å²) in [5.74, 6) is -0.305. The molecule has 1 saturated heterocycles. The Morgan fingerprint density at radius 3 is 2.48 bits per heavy atom. The number of nitrogens with zero attached hydrogens (tertiary/aromatic N) is 4. The Hall–Kier alpha value is -2.90. The minimum atomic E-state index is -0.305. The molecule has 1 aliphatic rings. The van der Waals surface area contributed by atoms with Crippen molar-refractivity contribution in [3.8, 4) is 0 Å². The summed E-state index contributed by atoms with van der Waals surface area (Å²) >= 11 is 6.10. The maximum atomic E-state index is 12.9. The van der Waals surface area contributed by atoms with Crippen molar-refractivity contribution in [3.05, 3.63) is 69.6 Å². The number of piperazine rings is 1. The van der Waals surface area contributed by atoms with Crippen LogP contribution in [0.15, 0.2) is 53.3 Å². The molecule has 0 bridgehead atoms. The van der Waals surface area contributed by atoms with Crippen molar-refractivity contribution in [3.63, 3.8) is 0 Å². The van der Waals surface area contributed by atoms with Crippen molar-refractivity contribution >= 4 is 34.0 Å². The van der Waals surface area contributed by atoms with Crippen molar-refractivity contribution in [1.82, 2.24) is 20.0 Å². The van der Waals surface area contributed by atoms with E-state index >= 15 is 0 Å². The van der Waals surface area contributed by atoms with E-state index in [9.17, 15) is 9.59 Å². The predicted octanol–water partition coefficient (Wildman–Crippen LogP) is 2.19. The van der Waals surface area contributed by atoms with E-state index in [-0.39, 0.29) is 17.2 Å². The van der Waals surface area contributed by atoms with Crippen LogP contribution in [-0.2, 0) is 6.67 Å². The molecule has 1 fully saturated rings. The number of nitrogens with one attached hydrogen (secondary N) is 1. The molecule has 0 atom stereocenters. The number of benzene rings is 2. The summed E-state index contributed by atoms with van der Waals surface area (Å²) in [5, 5.41) is 8.77. The first-order chi connectivity index (χ1) is 14.1. The Balaban J connectivity index is 1.55. The first-order valence-corrected chi connectivity index (χ1v) is 9.89. The smallest absolute Gasteiger partial charge is 0.275 e. The summed E-state index contributed by atoms with van der Waals surface area (Å²) in [4.78, 5) is 29.6. The Kier molecular flexibility index (Phi) is 5.51. The van der Waals surface area contributed by atoms with E-state index in [4.69, 9.17) is 11.6 Å². The van der Waals surface area contributed by atoms with Gasteiger partial charge in [-0.05, 0) is 24.3 Å². The van der Waals surface area contributed by atoms with Gasteiger partial charge in [-0.15, -0.1) is 0 Å². The molecule has 0 unspecified atom stereocenters. The molecular formula is C21H22ClN5O2. The van der Waals surface area contributed by atoms with Gasteiger partial charge in [0.05, 0.1) is 12.1 Å². The van der Waals surface area contributed by atoms with E-state index in [1.165, 1.54) is 4.68 Å². The summed E-state index contributed by atoms with van der Waals surface area (Å²) in [5.41, 5.74) is 1.17. The van der Waals surface area contributed by atoms with E-state index in [1.54, 1.807) is 31.3 Å². The molecule has 0 saturated carbocycles. The SMILES string of the molecule is CNC(=O)c1nn(CN2CCN(c3cccc(Cl)c3)CC2)c(=O)c2ccccc12. The molecule has 2 heterocycles. The molecule has 150 valence electrons. The molecule has 1 N–H and O–H groups in total. The Morgan fingerprint density at radius 1 is 1.07 bits per heavy atom. The molecule has 0 aliphatic carbocycles. The molecule has 29 heavy (non-hydrogen) atoms.